The van der Waals surface area contributed by atoms with E-state index in [9.17, 15) is 0 Å². The minimum absolute atomic E-state index is 0.703. The van der Waals surface area contributed by atoms with Gasteiger partial charge in [-0.15, -0.1) is 0 Å². The molecule has 1 heterocycles. The average molecular weight is 385 g/mol. The normalized spacial score (nSPS) is 10.3. The molecule has 0 bridgehead atoms. The van der Waals surface area contributed by atoms with Gasteiger partial charge in [0.1, 0.15) is 23.7 Å². The van der Waals surface area contributed by atoms with E-state index in [1.807, 2.05) is 49.4 Å². The number of ether oxygens (including phenoxy) is 1. The Kier molecular flexibility index (Phi) is 4.96. The summed E-state index contributed by atoms with van der Waals surface area (Å²) in [5, 5.41) is 6.53. The standard InChI is InChI=1S/C18H17BrN4O/c1-12-8-14(6-7-16(12)19)23-18-10-17(20-11-21-18)22-13-4-3-5-15(9-13)24-2/h3-11H,1-2H3,(H2,20,21,22,23). The Balaban J connectivity index is 1.77. The first kappa shape index (κ1) is 16.3. The molecule has 0 saturated carbocycles. The molecule has 0 fully saturated rings. The maximum absolute atomic E-state index is 5.23. The fourth-order valence-corrected chi connectivity index (χ4v) is 2.46. The molecule has 0 aliphatic carbocycles. The summed E-state index contributed by atoms with van der Waals surface area (Å²) in [4.78, 5) is 8.52. The molecule has 3 aromatic rings. The zero-order chi connectivity index (χ0) is 16.9. The lowest BCUT2D eigenvalue weighted by Gasteiger charge is -2.10. The molecule has 1 aromatic heterocycles. The first-order chi connectivity index (χ1) is 11.6. The topological polar surface area (TPSA) is 59.1 Å². The van der Waals surface area contributed by atoms with Crippen molar-refractivity contribution >= 4 is 38.9 Å². The van der Waals surface area contributed by atoms with Gasteiger partial charge in [0.25, 0.3) is 0 Å². The minimum Gasteiger partial charge on any atom is -0.497 e. The Bertz CT molecular complexity index is 854. The monoisotopic (exact) mass is 384 g/mol. The van der Waals surface area contributed by atoms with E-state index in [0.717, 1.165) is 33.0 Å². The molecule has 122 valence electrons. The summed E-state index contributed by atoms with van der Waals surface area (Å²) in [6.07, 6.45) is 1.52. The van der Waals surface area contributed by atoms with E-state index >= 15 is 0 Å². The molecule has 2 N–H and O–H groups in total. The fourth-order valence-electron chi connectivity index (χ4n) is 2.21. The highest BCUT2D eigenvalue weighted by atomic mass is 79.9. The molecular formula is C18H17BrN4O. The molecule has 0 aliphatic rings. The second kappa shape index (κ2) is 7.31. The second-order valence-electron chi connectivity index (χ2n) is 5.23. The van der Waals surface area contributed by atoms with Crippen LogP contribution in [0.1, 0.15) is 5.56 Å². The van der Waals surface area contributed by atoms with Crippen LogP contribution >= 0.6 is 15.9 Å². The molecule has 0 aliphatic heterocycles. The van der Waals surface area contributed by atoms with Crippen molar-refractivity contribution in [3.05, 3.63) is 64.9 Å². The molecule has 3 rings (SSSR count). The predicted octanol–water partition coefficient (Wildman–Crippen LogP) is 5.04. The van der Waals surface area contributed by atoms with Gasteiger partial charge >= 0.3 is 0 Å². The smallest absolute Gasteiger partial charge is 0.135 e. The molecule has 24 heavy (non-hydrogen) atoms. The van der Waals surface area contributed by atoms with Crippen LogP contribution in [0.4, 0.5) is 23.0 Å². The predicted molar refractivity (Wildman–Crippen MR) is 100 cm³/mol. The van der Waals surface area contributed by atoms with E-state index < -0.39 is 0 Å². The quantitative estimate of drug-likeness (QED) is 0.644. The molecule has 2 aromatic carbocycles. The largest absolute Gasteiger partial charge is 0.497 e. The fraction of sp³-hybridized carbons (Fsp3) is 0.111. The molecule has 0 atom stereocenters. The van der Waals surface area contributed by atoms with Gasteiger partial charge in [0.2, 0.25) is 0 Å². The molecule has 0 unspecified atom stereocenters. The van der Waals surface area contributed by atoms with Crippen LogP contribution in [0, 0.1) is 6.92 Å². The molecule has 0 saturated heterocycles. The number of aryl methyl sites for hydroxylation is 1. The van der Waals surface area contributed by atoms with E-state index in [-0.39, 0.29) is 0 Å². The Morgan fingerprint density at radius 3 is 2.29 bits per heavy atom. The lowest BCUT2D eigenvalue weighted by molar-refractivity contribution is 0.415. The summed E-state index contributed by atoms with van der Waals surface area (Å²) in [5.74, 6) is 2.21. The Hall–Kier alpha value is -2.60. The van der Waals surface area contributed by atoms with Crippen molar-refractivity contribution in [2.75, 3.05) is 17.7 Å². The van der Waals surface area contributed by atoms with Gasteiger partial charge in [0.15, 0.2) is 0 Å². The van der Waals surface area contributed by atoms with Gasteiger partial charge in [0, 0.05) is 28.0 Å². The SMILES string of the molecule is COc1cccc(Nc2cc(Nc3ccc(Br)c(C)c3)ncn2)c1. The van der Waals surface area contributed by atoms with Crippen LogP contribution in [0.2, 0.25) is 0 Å². The maximum Gasteiger partial charge on any atom is 0.135 e. The number of anilines is 4. The van der Waals surface area contributed by atoms with Gasteiger partial charge in [0.05, 0.1) is 7.11 Å². The first-order valence-corrected chi connectivity index (χ1v) is 8.19. The molecule has 5 nitrogen and oxygen atoms in total. The summed E-state index contributed by atoms with van der Waals surface area (Å²) in [6.45, 7) is 2.05. The second-order valence-corrected chi connectivity index (χ2v) is 6.09. The third kappa shape index (κ3) is 4.02. The summed E-state index contributed by atoms with van der Waals surface area (Å²) in [5.41, 5.74) is 3.03. The van der Waals surface area contributed by atoms with Crippen LogP contribution in [0.5, 0.6) is 5.75 Å². The molecular weight excluding hydrogens is 368 g/mol. The van der Waals surface area contributed by atoms with Gasteiger partial charge in [-0.3, -0.25) is 0 Å². The van der Waals surface area contributed by atoms with Crippen LogP contribution in [0.15, 0.2) is 59.3 Å². The number of aromatic nitrogens is 2. The number of nitrogens with zero attached hydrogens (tertiary/aromatic N) is 2. The summed E-state index contributed by atoms with van der Waals surface area (Å²) < 4.78 is 6.31. The molecule has 0 amide bonds. The van der Waals surface area contributed by atoms with E-state index in [1.54, 1.807) is 7.11 Å². The highest BCUT2D eigenvalue weighted by Crippen LogP contribution is 2.24. The van der Waals surface area contributed by atoms with Gasteiger partial charge in [-0.05, 0) is 42.8 Å². The van der Waals surface area contributed by atoms with Crippen molar-refractivity contribution in [1.82, 2.24) is 9.97 Å². The van der Waals surface area contributed by atoms with Crippen LogP contribution in [-0.2, 0) is 0 Å². The zero-order valence-electron chi connectivity index (χ0n) is 13.4. The summed E-state index contributed by atoms with van der Waals surface area (Å²) in [6, 6.07) is 15.6. The number of methoxy groups -OCH3 is 1. The van der Waals surface area contributed by atoms with E-state index in [1.165, 1.54) is 6.33 Å². The van der Waals surface area contributed by atoms with E-state index in [4.69, 9.17) is 4.74 Å². The first-order valence-electron chi connectivity index (χ1n) is 7.40. The molecule has 0 spiro atoms. The molecule has 0 radical (unpaired) electrons. The number of hydrogen-bond donors (Lipinski definition) is 2. The Labute approximate surface area is 149 Å². The lowest BCUT2D eigenvalue weighted by Crippen LogP contribution is -1.99. The highest BCUT2D eigenvalue weighted by molar-refractivity contribution is 9.10. The number of rotatable bonds is 5. The number of hydrogen-bond acceptors (Lipinski definition) is 5. The van der Waals surface area contributed by atoms with Crippen LogP contribution in [-0.4, -0.2) is 17.1 Å². The van der Waals surface area contributed by atoms with Gasteiger partial charge < -0.3 is 15.4 Å². The van der Waals surface area contributed by atoms with E-state index in [2.05, 4.69) is 42.6 Å². The van der Waals surface area contributed by atoms with Crippen molar-refractivity contribution in [2.45, 2.75) is 6.92 Å². The number of halogens is 1. The summed E-state index contributed by atoms with van der Waals surface area (Å²) in [7, 11) is 1.64. The average Bonchev–Trinajstić information content (AvgIpc) is 2.59. The zero-order valence-corrected chi connectivity index (χ0v) is 15.0. The minimum atomic E-state index is 0.703. The van der Waals surface area contributed by atoms with Crippen molar-refractivity contribution in [3.8, 4) is 5.75 Å². The lowest BCUT2D eigenvalue weighted by atomic mass is 10.2. The van der Waals surface area contributed by atoms with Crippen molar-refractivity contribution in [2.24, 2.45) is 0 Å². The Morgan fingerprint density at radius 2 is 1.62 bits per heavy atom. The van der Waals surface area contributed by atoms with Crippen molar-refractivity contribution in [3.63, 3.8) is 0 Å². The van der Waals surface area contributed by atoms with Gasteiger partial charge in [-0.2, -0.15) is 0 Å². The number of benzene rings is 2. The number of nitrogens with one attached hydrogen (secondary N) is 2. The van der Waals surface area contributed by atoms with Crippen LogP contribution in [0.25, 0.3) is 0 Å². The third-order valence-electron chi connectivity index (χ3n) is 3.44. The third-order valence-corrected chi connectivity index (χ3v) is 4.33. The highest BCUT2D eigenvalue weighted by Gasteiger charge is 2.03. The van der Waals surface area contributed by atoms with E-state index in [0.29, 0.717) is 5.82 Å². The summed E-state index contributed by atoms with van der Waals surface area (Å²) >= 11 is 3.50. The van der Waals surface area contributed by atoms with Crippen LogP contribution < -0.4 is 15.4 Å². The molecule has 6 heteroatoms. The van der Waals surface area contributed by atoms with Gasteiger partial charge in [-0.1, -0.05) is 22.0 Å². The maximum atomic E-state index is 5.23. The van der Waals surface area contributed by atoms with Crippen molar-refractivity contribution in [1.29, 1.82) is 0 Å². The Morgan fingerprint density at radius 1 is 0.917 bits per heavy atom. The van der Waals surface area contributed by atoms with Crippen LogP contribution in [0.3, 0.4) is 0 Å². The van der Waals surface area contributed by atoms with Gasteiger partial charge in [-0.25, -0.2) is 9.97 Å². The van der Waals surface area contributed by atoms with Crippen molar-refractivity contribution < 1.29 is 4.74 Å².